The van der Waals surface area contributed by atoms with Gasteiger partial charge in [-0.1, -0.05) is 6.92 Å². The molecule has 1 aromatic rings. The number of benzene rings is 1. The van der Waals surface area contributed by atoms with Crippen molar-refractivity contribution in [2.24, 2.45) is 0 Å². The van der Waals surface area contributed by atoms with Gasteiger partial charge in [0.05, 0.1) is 11.8 Å². The fourth-order valence-electron chi connectivity index (χ4n) is 3.06. The van der Waals surface area contributed by atoms with Crippen LogP contribution in [0.4, 0.5) is 11.4 Å². The Morgan fingerprint density at radius 1 is 1.52 bits per heavy atom. The number of hydrogen-bond donors (Lipinski definition) is 2. The van der Waals surface area contributed by atoms with Gasteiger partial charge < -0.3 is 20.3 Å². The van der Waals surface area contributed by atoms with Crippen molar-refractivity contribution in [2.75, 3.05) is 37.0 Å². The molecule has 2 atom stereocenters. The van der Waals surface area contributed by atoms with Crippen LogP contribution in [0.15, 0.2) is 16.6 Å². The van der Waals surface area contributed by atoms with Gasteiger partial charge in [0, 0.05) is 35.9 Å². The van der Waals surface area contributed by atoms with Crippen molar-refractivity contribution in [1.82, 2.24) is 5.32 Å². The van der Waals surface area contributed by atoms with E-state index in [-0.39, 0.29) is 18.1 Å². The number of nitrogens with zero attached hydrogens (tertiary/aromatic N) is 1. The van der Waals surface area contributed by atoms with Crippen molar-refractivity contribution in [3.8, 4) is 0 Å². The van der Waals surface area contributed by atoms with E-state index in [4.69, 9.17) is 4.74 Å². The lowest BCUT2D eigenvalue weighted by atomic mass is 10.1. The highest BCUT2D eigenvalue weighted by molar-refractivity contribution is 9.10. The van der Waals surface area contributed by atoms with Crippen LogP contribution in [0.3, 0.4) is 0 Å². The summed E-state index contributed by atoms with van der Waals surface area (Å²) in [6, 6.07) is 3.86. The molecule has 1 saturated heterocycles. The number of fused-ring (bicyclic) bond motifs is 1. The summed E-state index contributed by atoms with van der Waals surface area (Å²) in [4.78, 5) is 14.3. The summed E-state index contributed by atoms with van der Waals surface area (Å²) in [7, 11) is 1.76. The second-order valence-corrected chi connectivity index (χ2v) is 6.32. The van der Waals surface area contributed by atoms with E-state index in [1.165, 1.54) is 0 Å². The minimum absolute atomic E-state index is 0.0205. The highest BCUT2D eigenvalue weighted by Crippen LogP contribution is 2.40. The number of methoxy groups -OCH3 is 1. The Bertz CT molecular complexity index is 564. The average Bonchev–Trinajstić information content (AvgIpc) is 3.05. The molecule has 2 N–H and O–H groups in total. The minimum atomic E-state index is -0.249. The Labute approximate surface area is 133 Å². The predicted octanol–water partition coefficient (Wildman–Crippen LogP) is 2.28. The number of halogens is 1. The third-order valence-corrected chi connectivity index (χ3v) is 4.81. The van der Waals surface area contributed by atoms with Crippen LogP contribution in [-0.2, 0) is 9.53 Å². The van der Waals surface area contributed by atoms with Gasteiger partial charge in [-0.3, -0.25) is 4.79 Å². The first-order valence-corrected chi connectivity index (χ1v) is 8.08. The summed E-state index contributed by atoms with van der Waals surface area (Å²) in [5.41, 5.74) is 3.04. The van der Waals surface area contributed by atoms with Gasteiger partial charge in [-0.15, -0.1) is 0 Å². The third kappa shape index (κ3) is 2.67. The summed E-state index contributed by atoms with van der Waals surface area (Å²) in [6.45, 7) is 4.63. The Morgan fingerprint density at radius 3 is 3.00 bits per heavy atom. The Kier molecular flexibility index (Phi) is 4.19. The van der Waals surface area contributed by atoms with Gasteiger partial charge in [0.15, 0.2) is 0 Å². The second-order valence-electron chi connectivity index (χ2n) is 5.46. The number of hydrogen-bond acceptors (Lipinski definition) is 4. The van der Waals surface area contributed by atoms with E-state index in [9.17, 15) is 4.79 Å². The summed E-state index contributed by atoms with van der Waals surface area (Å²) in [5, 5.41) is 6.18. The molecule has 21 heavy (non-hydrogen) atoms. The summed E-state index contributed by atoms with van der Waals surface area (Å²) >= 11 is 3.65. The predicted molar refractivity (Wildman–Crippen MR) is 86.8 cm³/mol. The third-order valence-electron chi connectivity index (χ3n) is 4.18. The standard InChI is InChI=1S/C15H20BrN3O2/c1-3-17-14-10-6-11(16)13(7-12(10)18-15(14)20)19-5-4-9(8-19)21-2/h6-7,9,14,17H,3-5,8H2,1-2H3,(H,18,20). The largest absolute Gasteiger partial charge is 0.380 e. The van der Waals surface area contributed by atoms with Crippen LogP contribution in [0, 0.1) is 0 Å². The lowest BCUT2D eigenvalue weighted by molar-refractivity contribution is -0.117. The zero-order valence-electron chi connectivity index (χ0n) is 12.3. The maximum absolute atomic E-state index is 12.0. The number of nitrogens with one attached hydrogen (secondary N) is 2. The molecule has 0 aliphatic carbocycles. The van der Waals surface area contributed by atoms with Gasteiger partial charge in [-0.05, 0) is 41.0 Å². The number of ether oxygens (including phenoxy) is 1. The number of amides is 1. The van der Waals surface area contributed by atoms with E-state index < -0.39 is 0 Å². The Balaban J connectivity index is 1.89. The van der Waals surface area contributed by atoms with E-state index in [1.54, 1.807) is 7.11 Å². The maximum Gasteiger partial charge on any atom is 0.246 e. The zero-order chi connectivity index (χ0) is 15.0. The molecule has 2 aliphatic heterocycles. The summed E-state index contributed by atoms with van der Waals surface area (Å²) in [6.07, 6.45) is 1.32. The van der Waals surface area contributed by atoms with E-state index in [1.807, 2.05) is 6.92 Å². The molecule has 2 heterocycles. The van der Waals surface area contributed by atoms with Crippen molar-refractivity contribution in [3.05, 3.63) is 22.2 Å². The van der Waals surface area contributed by atoms with E-state index in [0.717, 1.165) is 47.5 Å². The first-order valence-electron chi connectivity index (χ1n) is 7.29. The number of anilines is 2. The van der Waals surface area contributed by atoms with Crippen LogP contribution in [0.2, 0.25) is 0 Å². The minimum Gasteiger partial charge on any atom is -0.380 e. The van der Waals surface area contributed by atoms with Gasteiger partial charge in [-0.2, -0.15) is 0 Å². The Hall–Kier alpha value is -1.11. The van der Waals surface area contributed by atoms with Crippen molar-refractivity contribution in [1.29, 1.82) is 0 Å². The van der Waals surface area contributed by atoms with Gasteiger partial charge >= 0.3 is 0 Å². The molecule has 0 bridgehead atoms. The highest BCUT2D eigenvalue weighted by Gasteiger charge is 2.32. The quantitative estimate of drug-likeness (QED) is 0.871. The van der Waals surface area contributed by atoms with Crippen LogP contribution < -0.4 is 15.5 Å². The van der Waals surface area contributed by atoms with Crippen molar-refractivity contribution < 1.29 is 9.53 Å². The lowest BCUT2D eigenvalue weighted by Crippen LogP contribution is -2.27. The highest BCUT2D eigenvalue weighted by atomic mass is 79.9. The molecule has 1 fully saturated rings. The van der Waals surface area contributed by atoms with Gasteiger partial charge in [0.2, 0.25) is 5.91 Å². The van der Waals surface area contributed by atoms with Crippen LogP contribution in [0.1, 0.15) is 24.9 Å². The molecule has 6 heteroatoms. The molecule has 0 saturated carbocycles. The van der Waals surface area contributed by atoms with Crippen LogP contribution in [-0.4, -0.2) is 38.8 Å². The number of rotatable bonds is 4. The summed E-state index contributed by atoms with van der Waals surface area (Å²) < 4.78 is 6.45. The first kappa shape index (κ1) is 14.8. The monoisotopic (exact) mass is 353 g/mol. The molecule has 1 aromatic carbocycles. The van der Waals surface area contributed by atoms with Crippen molar-refractivity contribution in [3.63, 3.8) is 0 Å². The van der Waals surface area contributed by atoms with E-state index >= 15 is 0 Å². The van der Waals surface area contributed by atoms with Gasteiger partial charge in [-0.25, -0.2) is 0 Å². The van der Waals surface area contributed by atoms with Gasteiger partial charge in [0.25, 0.3) is 0 Å². The molecule has 2 unspecified atom stereocenters. The average molecular weight is 354 g/mol. The van der Waals surface area contributed by atoms with Crippen molar-refractivity contribution >= 4 is 33.2 Å². The fourth-order valence-corrected chi connectivity index (χ4v) is 3.67. The molecular weight excluding hydrogens is 334 g/mol. The van der Waals surface area contributed by atoms with E-state index in [2.05, 4.69) is 43.6 Å². The second kappa shape index (κ2) is 5.94. The molecule has 3 rings (SSSR count). The van der Waals surface area contributed by atoms with Gasteiger partial charge in [0.1, 0.15) is 6.04 Å². The number of carbonyl (C=O) groups excluding carboxylic acids is 1. The molecule has 1 amide bonds. The smallest absolute Gasteiger partial charge is 0.246 e. The number of likely N-dealkylation sites (N-methyl/N-ethyl adjacent to an activating group) is 1. The van der Waals surface area contributed by atoms with Crippen LogP contribution in [0.25, 0.3) is 0 Å². The molecule has 0 aromatic heterocycles. The van der Waals surface area contributed by atoms with Crippen molar-refractivity contribution in [2.45, 2.75) is 25.5 Å². The summed E-state index contributed by atoms with van der Waals surface area (Å²) in [5.74, 6) is 0.0205. The maximum atomic E-state index is 12.0. The molecule has 5 nitrogen and oxygen atoms in total. The van der Waals surface area contributed by atoms with Crippen LogP contribution >= 0.6 is 15.9 Å². The topological polar surface area (TPSA) is 53.6 Å². The lowest BCUT2D eigenvalue weighted by Gasteiger charge is -2.21. The fraction of sp³-hybridized carbons (Fsp3) is 0.533. The first-order chi connectivity index (χ1) is 10.1. The molecule has 114 valence electrons. The molecule has 0 radical (unpaired) electrons. The van der Waals surface area contributed by atoms with Crippen LogP contribution in [0.5, 0.6) is 0 Å². The zero-order valence-corrected chi connectivity index (χ0v) is 13.9. The number of carbonyl (C=O) groups is 1. The van der Waals surface area contributed by atoms with E-state index in [0.29, 0.717) is 0 Å². The normalized spacial score (nSPS) is 24.3. The SMILES string of the molecule is CCNC1C(=O)Nc2cc(N3CCC(OC)C3)c(Br)cc21. The Morgan fingerprint density at radius 2 is 2.33 bits per heavy atom. The molecule has 2 aliphatic rings. The molecule has 0 spiro atoms. The molecular formula is C15H20BrN3O2.